The van der Waals surface area contributed by atoms with Gasteiger partial charge in [0, 0.05) is 11.9 Å². The van der Waals surface area contributed by atoms with Crippen LogP contribution in [0.5, 0.6) is 0 Å². The Labute approximate surface area is 113 Å². The second-order valence-electron chi connectivity index (χ2n) is 7.00. The Morgan fingerprint density at radius 1 is 1.16 bits per heavy atom. The van der Waals surface area contributed by atoms with Crippen LogP contribution in [0.25, 0.3) is 0 Å². The molecular weight excluding hydrogens is 238 g/mol. The van der Waals surface area contributed by atoms with Crippen LogP contribution in [0.1, 0.15) is 59.6 Å². The topological polar surface area (TPSA) is 53.1 Å². The van der Waals surface area contributed by atoms with Crippen molar-refractivity contribution in [3.63, 3.8) is 0 Å². The molecule has 5 rings (SSSR count). The highest BCUT2D eigenvalue weighted by Crippen LogP contribution is 2.60. The van der Waals surface area contributed by atoms with Crippen molar-refractivity contribution in [2.45, 2.75) is 44.9 Å². The van der Waals surface area contributed by atoms with E-state index in [2.05, 4.69) is 4.98 Å². The molecule has 0 atom stereocenters. The molecule has 4 aliphatic carbocycles. The number of carboxylic acid groups (broad SMARTS) is 1. The first kappa shape index (κ1) is 11.6. The lowest BCUT2D eigenvalue weighted by Crippen LogP contribution is -2.44. The number of aromatic nitrogens is 1. The zero-order chi connectivity index (χ0) is 13.1. The second kappa shape index (κ2) is 3.87. The molecule has 1 heterocycles. The van der Waals surface area contributed by atoms with Gasteiger partial charge < -0.3 is 10.1 Å². The van der Waals surface area contributed by atoms with Crippen LogP contribution >= 0.6 is 0 Å². The van der Waals surface area contributed by atoms with Crippen molar-refractivity contribution >= 4 is 5.97 Å². The minimum atomic E-state index is -0.770. The zero-order valence-corrected chi connectivity index (χ0v) is 11.4. The van der Waals surface area contributed by atoms with Gasteiger partial charge >= 0.3 is 5.97 Å². The monoisotopic (exact) mass is 259 g/mol. The molecule has 0 radical (unpaired) electrons. The van der Waals surface area contributed by atoms with Crippen molar-refractivity contribution in [3.8, 4) is 0 Å². The lowest BCUT2D eigenvalue weighted by molar-refractivity contribution is -0.00329. The van der Waals surface area contributed by atoms with E-state index in [9.17, 15) is 9.90 Å². The average molecular weight is 259 g/mol. The van der Waals surface area contributed by atoms with Crippen molar-refractivity contribution in [3.05, 3.63) is 23.0 Å². The van der Waals surface area contributed by atoms with E-state index in [1.807, 2.05) is 6.92 Å². The Kier molecular flexibility index (Phi) is 2.36. The maximum Gasteiger partial charge on any atom is 0.337 e. The number of carboxylic acids is 1. The van der Waals surface area contributed by atoms with Crippen LogP contribution < -0.4 is 0 Å². The fraction of sp³-hybridized carbons (Fsp3) is 0.688. The van der Waals surface area contributed by atoms with E-state index in [0.717, 1.165) is 34.9 Å². The van der Waals surface area contributed by atoms with Crippen molar-refractivity contribution in [2.75, 3.05) is 0 Å². The number of rotatable bonds is 2. The molecule has 0 saturated heterocycles. The molecule has 4 saturated carbocycles. The van der Waals surface area contributed by atoms with E-state index in [-0.39, 0.29) is 0 Å². The van der Waals surface area contributed by atoms with E-state index in [4.69, 9.17) is 0 Å². The number of carbonyl (C=O) groups is 1. The molecule has 0 spiro atoms. The van der Waals surface area contributed by atoms with Crippen LogP contribution in [0.2, 0.25) is 0 Å². The lowest BCUT2D eigenvalue weighted by atomic mass is 9.50. The Morgan fingerprint density at radius 2 is 1.74 bits per heavy atom. The smallest absolute Gasteiger partial charge is 0.337 e. The van der Waals surface area contributed by atoms with Crippen LogP contribution in [0, 0.1) is 30.6 Å². The van der Waals surface area contributed by atoms with Crippen LogP contribution in [0.15, 0.2) is 6.20 Å². The van der Waals surface area contributed by atoms with Gasteiger partial charge in [0.2, 0.25) is 0 Å². The molecule has 1 aromatic heterocycles. The summed E-state index contributed by atoms with van der Waals surface area (Å²) in [5.74, 6) is 3.09. The molecular formula is C16H21NO2. The minimum absolute atomic E-state index is 0.505. The third kappa shape index (κ3) is 1.60. The highest BCUT2D eigenvalue weighted by Gasteiger charge is 2.49. The van der Waals surface area contributed by atoms with E-state index in [1.54, 1.807) is 6.20 Å². The molecule has 4 aliphatic rings. The first-order valence-corrected chi connectivity index (χ1v) is 7.54. The summed E-state index contributed by atoms with van der Waals surface area (Å²) >= 11 is 0. The summed E-state index contributed by atoms with van der Waals surface area (Å²) in [5.41, 5.74) is 2.73. The number of H-pyrrole nitrogens is 1. The third-order valence-electron chi connectivity index (χ3n) is 5.92. The maximum absolute atomic E-state index is 11.5. The largest absolute Gasteiger partial charge is 0.478 e. The predicted octanol–water partition coefficient (Wildman–Crippen LogP) is 3.56. The number of aromatic carboxylic acids is 1. The van der Waals surface area contributed by atoms with Crippen molar-refractivity contribution in [2.24, 2.45) is 23.7 Å². The fourth-order valence-electron chi connectivity index (χ4n) is 5.54. The Morgan fingerprint density at radius 3 is 2.26 bits per heavy atom. The van der Waals surface area contributed by atoms with Gasteiger partial charge in [-0.2, -0.15) is 0 Å². The van der Waals surface area contributed by atoms with Gasteiger partial charge in [-0.1, -0.05) is 0 Å². The van der Waals surface area contributed by atoms with E-state index in [0.29, 0.717) is 11.5 Å². The zero-order valence-electron chi connectivity index (χ0n) is 11.4. The third-order valence-corrected chi connectivity index (χ3v) is 5.92. The first-order chi connectivity index (χ1) is 9.13. The maximum atomic E-state index is 11.5. The summed E-state index contributed by atoms with van der Waals surface area (Å²) in [5, 5.41) is 9.41. The van der Waals surface area contributed by atoms with Gasteiger partial charge in [-0.3, -0.25) is 0 Å². The minimum Gasteiger partial charge on any atom is -0.478 e. The molecule has 0 amide bonds. The molecule has 19 heavy (non-hydrogen) atoms. The molecule has 4 bridgehead atoms. The van der Waals surface area contributed by atoms with Gasteiger partial charge in [-0.05, 0) is 74.2 Å². The predicted molar refractivity (Wildman–Crippen MR) is 72.3 cm³/mol. The van der Waals surface area contributed by atoms with Crippen molar-refractivity contribution < 1.29 is 9.90 Å². The summed E-state index contributed by atoms with van der Waals surface area (Å²) in [6.45, 7) is 2.03. The molecule has 102 valence electrons. The van der Waals surface area contributed by atoms with Crippen LogP contribution in [0.4, 0.5) is 0 Å². The van der Waals surface area contributed by atoms with Gasteiger partial charge in [-0.15, -0.1) is 0 Å². The highest BCUT2D eigenvalue weighted by molar-refractivity contribution is 5.90. The molecule has 3 nitrogen and oxygen atoms in total. The molecule has 3 heteroatoms. The Hall–Kier alpha value is -1.25. The number of hydrogen-bond acceptors (Lipinski definition) is 1. The molecule has 0 unspecified atom stereocenters. The molecule has 1 aromatic rings. The van der Waals surface area contributed by atoms with Gasteiger partial charge in [0.15, 0.2) is 0 Å². The number of aromatic amines is 1. The van der Waals surface area contributed by atoms with Gasteiger partial charge in [0.05, 0.1) is 5.56 Å². The lowest BCUT2D eigenvalue weighted by Gasteiger charge is -2.54. The first-order valence-electron chi connectivity index (χ1n) is 7.54. The van der Waals surface area contributed by atoms with E-state index < -0.39 is 5.97 Å². The molecule has 4 fully saturated rings. The molecule has 0 aromatic carbocycles. The molecule has 0 aliphatic heterocycles. The fourth-order valence-corrected chi connectivity index (χ4v) is 5.54. The standard InChI is InChI=1S/C16H21NO2/c1-8-14(13(7-17-8)16(18)19)15-11-3-9-2-10(5-11)6-12(15)4-9/h7,9-12,15,17H,2-6H2,1H3,(H,18,19). The van der Waals surface area contributed by atoms with Crippen LogP contribution in [-0.4, -0.2) is 16.1 Å². The van der Waals surface area contributed by atoms with Crippen molar-refractivity contribution in [1.82, 2.24) is 4.98 Å². The number of aryl methyl sites for hydroxylation is 1. The summed E-state index contributed by atoms with van der Waals surface area (Å²) in [6, 6.07) is 0. The Bertz CT molecular complexity index is 503. The normalized spacial score (nSPS) is 39.7. The van der Waals surface area contributed by atoms with Crippen LogP contribution in [0.3, 0.4) is 0 Å². The average Bonchev–Trinajstić information content (AvgIpc) is 2.70. The van der Waals surface area contributed by atoms with Gasteiger partial charge in [-0.25, -0.2) is 4.79 Å². The summed E-state index contributed by atoms with van der Waals surface area (Å²) < 4.78 is 0. The SMILES string of the molecule is Cc1[nH]cc(C(=O)O)c1C1C2CC3CC(C2)CC1C3. The number of hydrogen-bond donors (Lipinski definition) is 2. The molecule has 2 N–H and O–H groups in total. The van der Waals surface area contributed by atoms with Gasteiger partial charge in [0.25, 0.3) is 0 Å². The highest BCUT2D eigenvalue weighted by atomic mass is 16.4. The van der Waals surface area contributed by atoms with Crippen molar-refractivity contribution in [1.29, 1.82) is 0 Å². The van der Waals surface area contributed by atoms with Crippen LogP contribution in [-0.2, 0) is 0 Å². The second-order valence-corrected chi connectivity index (χ2v) is 7.00. The van der Waals surface area contributed by atoms with E-state index in [1.165, 1.54) is 32.1 Å². The van der Waals surface area contributed by atoms with E-state index >= 15 is 0 Å². The van der Waals surface area contributed by atoms with Gasteiger partial charge in [0.1, 0.15) is 0 Å². The summed E-state index contributed by atoms with van der Waals surface area (Å²) in [6.07, 6.45) is 8.47. The summed E-state index contributed by atoms with van der Waals surface area (Å²) in [4.78, 5) is 14.6. The summed E-state index contributed by atoms with van der Waals surface area (Å²) in [7, 11) is 0. The Balaban J connectivity index is 1.77. The quantitative estimate of drug-likeness (QED) is 0.853. The number of nitrogens with one attached hydrogen (secondary N) is 1.